The van der Waals surface area contributed by atoms with Crippen LogP contribution in [-0.4, -0.2) is 23.9 Å². The zero-order valence-electron chi connectivity index (χ0n) is 8.61. The van der Waals surface area contributed by atoms with Crippen molar-refractivity contribution >= 4 is 5.82 Å². The Morgan fingerprint density at radius 3 is 2.11 bits per heavy atom. The highest BCUT2D eigenvalue weighted by Crippen LogP contribution is 2.29. The molecule has 0 aliphatic heterocycles. The number of hydrogen-bond donors (Lipinski definition) is 1. The summed E-state index contributed by atoms with van der Waals surface area (Å²) in [6, 6.07) is 1.39. The smallest absolute Gasteiger partial charge is 0.364 e. The average Bonchev–Trinajstić information content (AvgIpc) is 2.25. The molecule has 18 heavy (non-hydrogen) atoms. The minimum absolute atomic E-state index is 0.344. The Labute approximate surface area is 96.8 Å². The van der Waals surface area contributed by atoms with Crippen LogP contribution in [0.2, 0.25) is 0 Å². The van der Waals surface area contributed by atoms with E-state index in [1.165, 1.54) is 0 Å². The van der Waals surface area contributed by atoms with E-state index >= 15 is 0 Å². The molecule has 0 atom stereocenters. The summed E-state index contributed by atoms with van der Waals surface area (Å²) in [5.41, 5.74) is -1.06. The minimum Gasteiger partial charge on any atom is -0.364 e. The van der Waals surface area contributed by atoms with E-state index in [1.807, 2.05) is 5.32 Å². The van der Waals surface area contributed by atoms with Crippen molar-refractivity contribution in [2.45, 2.75) is 18.5 Å². The van der Waals surface area contributed by atoms with Gasteiger partial charge in [-0.3, -0.25) is 0 Å². The molecule has 2 nitrogen and oxygen atoms in total. The van der Waals surface area contributed by atoms with Gasteiger partial charge in [0.2, 0.25) is 0 Å². The van der Waals surface area contributed by atoms with Crippen LogP contribution in [0.1, 0.15) is 5.56 Å². The van der Waals surface area contributed by atoms with Crippen molar-refractivity contribution in [1.29, 1.82) is 0 Å². The number of aromatic nitrogens is 1. The molecular weight excluding hydrogens is 269 g/mol. The Balaban J connectivity index is 2.65. The fourth-order valence-corrected chi connectivity index (χ4v) is 0.952. The first-order valence-corrected chi connectivity index (χ1v) is 4.56. The van der Waals surface area contributed by atoms with Gasteiger partial charge in [-0.2, -0.15) is 22.0 Å². The molecule has 1 heterocycles. The van der Waals surface area contributed by atoms with Crippen molar-refractivity contribution < 1.29 is 30.7 Å². The summed E-state index contributed by atoms with van der Waals surface area (Å²) < 4.78 is 84.9. The molecule has 0 saturated heterocycles. The zero-order chi connectivity index (χ0) is 14.0. The Kier molecular flexibility index (Phi) is 4.02. The second-order valence-corrected chi connectivity index (χ2v) is 3.35. The van der Waals surface area contributed by atoms with Crippen molar-refractivity contribution in [2.24, 2.45) is 0 Å². The van der Waals surface area contributed by atoms with Gasteiger partial charge in [0.25, 0.3) is 0 Å². The van der Waals surface area contributed by atoms with Crippen LogP contribution in [0.3, 0.4) is 0 Å². The largest absolute Gasteiger partial charge is 0.417 e. The average molecular weight is 276 g/mol. The van der Waals surface area contributed by atoms with Crippen LogP contribution in [0, 0.1) is 0 Å². The van der Waals surface area contributed by atoms with E-state index in [-0.39, 0.29) is 5.82 Å². The predicted octanol–water partition coefficient (Wildman–Crippen LogP) is 3.41. The van der Waals surface area contributed by atoms with Gasteiger partial charge in [-0.1, -0.05) is 0 Å². The van der Waals surface area contributed by atoms with Gasteiger partial charge in [0.05, 0.1) is 12.1 Å². The number of alkyl halides is 7. The van der Waals surface area contributed by atoms with Crippen molar-refractivity contribution in [3.8, 4) is 0 Å². The number of nitrogens with one attached hydrogen (secondary N) is 1. The highest BCUT2D eigenvalue weighted by molar-refractivity contribution is 5.36. The van der Waals surface area contributed by atoms with Gasteiger partial charge < -0.3 is 5.32 Å². The molecule has 0 bridgehead atoms. The lowest BCUT2D eigenvalue weighted by Crippen LogP contribution is -2.35. The Bertz CT molecular complexity index is 385. The molecule has 0 saturated carbocycles. The molecule has 0 unspecified atom stereocenters. The molecule has 9 heteroatoms. The maximum atomic E-state index is 12.5. The minimum atomic E-state index is -4.60. The van der Waals surface area contributed by atoms with Gasteiger partial charge in [-0.15, -0.1) is 0 Å². The first-order chi connectivity index (χ1) is 8.13. The van der Waals surface area contributed by atoms with Crippen molar-refractivity contribution in [2.75, 3.05) is 11.9 Å². The van der Waals surface area contributed by atoms with E-state index in [4.69, 9.17) is 0 Å². The second kappa shape index (κ2) is 4.99. The van der Waals surface area contributed by atoms with Crippen LogP contribution in [0.25, 0.3) is 0 Å². The molecule has 0 fully saturated rings. The fraction of sp³-hybridized carbons (Fsp3) is 0.444. The fourth-order valence-electron chi connectivity index (χ4n) is 0.952. The van der Waals surface area contributed by atoms with Gasteiger partial charge in [0, 0.05) is 6.20 Å². The molecule has 0 aromatic carbocycles. The number of halogens is 7. The SMILES string of the molecule is FC(F)C(F)(F)CNc1ccc(C(F)(F)F)cn1. The van der Waals surface area contributed by atoms with Crippen LogP contribution >= 0.6 is 0 Å². The Morgan fingerprint density at radius 1 is 1.11 bits per heavy atom. The summed E-state index contributed by atoms with van der Waals surface area (Å²) in [6.07, 6.45) is -8.04. The second-order valence-electron chi connectivity index (χ2n) is 3.35. The van der Waals surface area contributed by atoms with E-state index in [1.54, 1.807) is 0 Å². The lowest BCUT2D eigenvalue weighted by atomic mass is 10.2. The van der Waals surface area contributed by atoms with Crippen LogP contribution in [0.15, 0.2) is 18.3 Å². The van der Waals surface area contributed by atoms with Crippen LogP contribution in [0.4, 0.5) is 36.6 Å². The zero-order valence-corrected chi connectivity index (χ0v) is 8.61. The molecular formula is C9H7F7N2. The van der Waals surface area contributed by atoms with Gasteiger partial charge in [-0.05, 0) is 12.1 Å². The summed E-state index contributed by atoms with van der Waals surface area (Å²) in [6.45, 7) is -1.41. The van der Waals surface area contributed by atoms with Crippen molar-refractivity contribution in [1.82, 2.24) is 4.98 Å². The molecule has 1 aromatic rings. The third kappa shape index (κ3) is 3.74. The van der Waals surface area contributed by atoms with E-state index in [9.17, 15) is 30.7 Å². The van der Waals surface area contributed by atoms with E-state index < -0.39 is 30.6 Å². The van der Waals surface area contributed by atoms with Gasteiger partial charge in [0.15, 0.2) is 0 Å². The number of nitrogens with zero attached hydrogens (tertiary/aromatic N) is 1. The van der Waals surface area contributed by atoms with Crippen molar-refractivity contribution in [3.63, 3.8) is 0 Å². The normalized spacial score (nSPS) is 12.9. The van der Waals surface area contributed by atoms with Crippen LogP contribution in [0.5, 0.6) is 0 Å². The molecule has 0 amide bonds. The third-order valence-electron chi connectivity index (χ3n) is 1.92. The Morgan fingerprint density at radius 2 is 1.72 bits per heavy atom. The van der Waals surface area contributed by atoms with Gasteiger partial charge in [-0.25, -0.2) is 13.8 Å². The van der Waals surface area contributed by atoms with E-state index in [0.717, 1.165) is 6.07 Å². The monoisotopic (exact) mass is 276 g/mol. The molecule has 1 aromatic heterocycles. The first kappa shape index (κ1) is 14.5. The van der Waals surface area contributed by atoms with Crippen LogP contribution < -0.4 is 5.32 Å². The highest BCUT2D eigenvalue weighted by atomic mass is 19.4. The number of hydrogen-bond acceptors (Lipinski definition) is 2. The standard InChI is InChI=1S/C9H7F7N2/c10-7(11)8(12,13)4-18-6-2-1-5(3-17-6)9(14,15)16/h1-3,7H,4H2,(H,17,18). The maximum absolute atomic E-state index is 12.5. The molecule has 1 N–H and O–H groups in total. The summed E-state index contributed by atoms with van der Waals surface area (Å²) >= 11 is 0. The van der Waals surface area contributed by atoms with Crippen LogP contribution in [-0.2, 0) is 6.18 Å². The topological polar surface area (TPSA) is 24.9 Å². The summed E-state index contributed by atoms with van der Waals surface area (Å²) in [4.78, 5) is 3.20. The molecule has 0 radical (unpaired) electrons. The molecule has 1 rings (SSSR count). The first-order valence-electron chi connectivity index (χ1n) is 4.56. The quantitative estimate of drug-likeness (QED) is 0.852. The number of pyridine rings is 1. The van der Waals surface area contributed by atoms with Crippen molar-refractivity contribution in [3.05, 3.63) is 23.9 Å². The molecule has 102 valence electrons. The van der Waals surface area contributed by atoms with E-state index in [0.29, 0.717) is 12.3 Å². The summed E-state index contributed by atoms with van der Waals surface area (Å²) in [5, 5.41) is 1.84. The maximum Gasteiger partial charge on any atom is 0.417 e. The Hall–Kier alpha value is -1.54. The summed E-state index contributed by atoms with van der Waals surface area (Å²) in [5.74, 6) is -4.62. The number of anilines is 1. The molecule has 0 spiro atoms. The summed E-state index contributed by atoms with van der Waals surface area (Å²) in [7, 11) is 0. The number of rotatable bonds is 4. The highest BCUT2D eigenvalue weighted by Gasteiger charge is 2.40. The van der Waals surface area contributed by atoms with Gasteiger partial charge in [0.1, 0.15) is 5.82 Å². The lowest BCUT2D eigenvalue weighted by molar-refractivity contribution is -0.137. The van der Waals surface area contributed by atoms with E-state index in [2.05, 4.69) is 4.98 Å². The third-order valence-corrected chi connectivity index (χ3v) is 1.92. The predicted molar refractivity (Wildman–Crippen MR) is 48.7 cm³/mol. The molecule has 0 aliphatic rings. The molecule has 0 aliphatic carbocycles. The lowest BCUT2D eigenvalue weighted by Gasteiger charge is -2.16. The van der Waals surface area contributed by atoms with Gasteiger partial charge >= 0.3 is 18.5 Å².